The molecule has 1 amide bonds. The number of rotatable bonds is 7. The van der Waals surface area contributed by atoms with Crippen molar-refractivity contribution in [1.82, 2.24) is 5.32 Å². The molecule has 0 saturated carbocycles. The maximum atomic E-state index is 13.3. The lowest BCUT2D eigenvalue weighted by molar-refractivity contribution is 0.0941. The lowest BCUT2D eigenvalue weighted by Crippen LogP contribution is -2.28. The number of carbonyl (C=O) groups is 1. The predicted molar refractivity (Wildman–Crippen MR) is 75.9 cm³/mol. The summed E-state index contributed by atoms with van der Waals surface area (Å²) in [6.45, 7) is 0.111. The number of benzene rings is 1. The summed E-state index contributed by atoms with van der Waals surface area (Å²) in [6.07, 6.45) is 3.34. The molecule has 0 aliphatic carbocycles. The van der Waals surface area contributed by atoms with E-state index in [1.54, 1.807) is 0 Å². The molecule has 8 heteroatoms. The van der Waals surface area contributed by atoms with Gasteiger partial charge in [-0.3, -0.25) is 4.79 Å². The number of hydrogen-bond donors (Lipinski definition) is 1. The minimum Gasteiger partial charge on any atom is -0.352 e. The molecule has 0 heterocycles. The smallest absolute Gasteiger partial charge is 0.257 e. The summed E-state index contributed by atoms with van der Waals surface area (Å²) in [5.74, 6) is -12.1. The molecule has 2 nitrogen and oxygen atoms in total. The Hall–Kier alpha value is -0.930. The Balaban J connectivity index is 2.71. The fourth-order valence-electron chi connectivity index (χ4n) is 1.67. The summed E-state index contributed by atoms with van der Waals surface area (Å²) in [7, 11) is 0. The highest BCUT2D eigenvalue weighted by Crippen LogP contribution is 2.22. The van der Waals surface area contributed by atoms with Gasteiger partial charge in [0, 0.05) is 6.54 Å². The maximum Gasteiger partial charge on any atom is 0.257 e. The van der Waals surface area contributed by atoms with Crippen LogP contribution in [0.25, 0.3) is 0 Å². The summed E-state index contributed by atoms with van der Waals surface area (Å²) in [5.41, 5.74) is -1.45. The van der Waals surface area contributed by atoms with Crippen molar-refractivity contribution in [3.05, 3.63) is 34.6 Å². The summed E-state index contributed by atoms with van der Waals surface area (Å²) in [5, 5.41) is 2.15. The van der Waals surface area contributed by atoms with Crippen LogP contribution in [0, 0.1) is 29.1 Å². The van der Waals surface area contributed by atoms with Crippen molar-refractivity contribution in [2.24, 2.45) is 0 Å². The van der Waals surface area contributed by atoms with Crippen molar-refractivity contribution in [1.29, 1.82) is 0 Å². The van der Waals surface area contributed by atoms with E-state index in [4.69, 9.17) is 0 Å². The van der Waals surface area contributed by atoms with Gasteiger partial charge in [0.25, 0.3) is 5.91 Å². The second-order valence-electron chi connectivity index (χ2n) is 4.30. The number of amides is 1. The van der Waals surface area contributed by atoms with Gasteiger partial charge in [-0.05, 0) is 17.3 Å². The van der Waals surface area contributed by atoms with Crippen molar-refractivity contribution < 1.29 is 26.7 Å². The van der Waals surface area contributed by atoms with E-state index in [1.165, 1.54) is 0 Å². The normalized spacial score (nSPS) is 10.8. The van der Waals surface area contributed by atoms with Crippen LogP contribution in [0.4, 0.5) is 22.0 Å². The Bertz CT molecular complexity index is 495. The Labute approximate surface area is 132 Å². The zero-order chi connectivity index (χ0) is 16.0. The van der Waals surface area contributed by atoms with Crippen LogP contribution in [0.5, 0.6) is 0 Å². The van der Waals surface area contributed by atoms with Gasteiger partial charge < -0.3 is 5.32 Å². The zero-order valence-electron chi connectivity index (χ0n) is 10.9. The van der Waals surface area contributed by atoms with Crippen LogP contribution in [0.3, 0.4) is 0 Å². The van der Waals surface area contributed by atoms with Gasteiger partial charge in [0.1, 0.15) is 5.56 Å². The van der Waals surface area contributed by atoms with Crippen LogP contribution < -0.4 is 5.32 Å². The average Bonchev–Trinajstić information content (AvgIpc) is 2.47. The van der Waals surface area contributed by atoms with E-state index < -0.39 is 40.6 Å². The van der Waals surface area contributed by atoms with Gasteiger partial charge in [0.05, 0.1) is 0 Å². The van der Waals surface area contributed by atoms with Crippen LogP contribution in [-0.4, -0.2) is 16.9 Å². The molecule has 0 spiro atoms. The number of halogens is 6. The molecule has 0 saturated heterocycles. The van der Waals surface area contributed by atoms with Gasteiger partial charge >= 0.3 is 0 Å². The molecule has 0 aromatic heterocycles. The van der Waals surface area contributed by atoms with E-state index in [2.05, 4.69) is 27.9 Å². The van der Waals surface area contributed by atoms with Gasteiger partial charge in [-0.1, -0.05) is 35.4 Å². The number of unbranched alkanes of at least 4 members (excludes halogenated alkanes) is 3. The zero-order valence-corrected chi connectivity index (χ0v) is 13.1. The predicted octanol–water partition coefficient (Wildman–Crippen LogP) is 4.11. The molecule has 0 radical (unpaired) electrons. The highest BCUT2D eigenvalue weighted by atomic mass is 127. The van der Waals surface area contributed by atoms with Gasteiger partial charge in [0.2, 0.25) is 5.82 Å². The fraction of sp³-hybridized carbons (Fsp3) is 0.462. The monoisotopic (exact) mass is 421 g/mol. The van der Waals surface area contributed by atoms with Gasteiger partial charge in [0.15, 0.2) is 23.3 Å². The highest BCUT2D eigenvalue weighted by Gasteiger charge is 2.29. The first kappa shape index (κ1) is 18.1. The van der Waals surface area contributed by atoms with Crippen LogP contribution in [0.15, 0.2) is 0 Å². The van der Waals surface area contributed by atoms with E-state index in [0.29, 0.717) is 6.42 Å². The number of carbonyl (C=O) groups excluding carboxylic acids is 1. The minimum atomic E-state index is -2.28. The van der Waals surface area contributed by atoms with Crippen LogP contribution in [-0.2, 0) is 0 Å². The van der Waals surface area contributed by atoms with Crippen molar-refractivity contribution >= 4 is 28.5 Å². The van der Waals surface area contributed by atoms with Crippen molar-refractivity contribution in [2.45, 2.75) is 25.7 Å². The molecule has 118 valence electrons. The number of hydrogen-bond acceptors (Lipinski definition) is 1. The van der Waals surface area contributed by atoms with Crippen molar-refractivity contribution in [2.75, 3.05) is 11.0 Å². The molecule has 0 atom stereocenters. The number of alkyl halides is 1. The second-order valence-corrected chi connectivity index (χ2v) is 5.38. The molecule has 1 aromatic rings. The van der Waals surface area contributed by atoms with Crippen molar-refractivity contribution in [3.8, 4) is 0 Å². The summed E-state index contributed by atoms with van der Waals surface area (Å²) in [6, 6.07) is 0. The lowest BCUT2D eigenvalue weighted by Gasteiger charge is -2.09. The third kappa shape index (κ3) is 4.52. The molecule has 1 rings (SSSR count). The first-order chi connectivity index (χ1) is 9.91. The third-order valence-electron chi connectivity index (χ3n) is 2.78. The largest absolute Gasteiger partial charge is 0.352 e. The summed E-state index contributed by atoms with van der Waals surface area (Å²) < 4.78 is 66.4. The molecule has 1 aromatic carbocycles. The Morgan fingerprint density at radius 1 is 0.810 bits per heavy atom. The van der Waals surface area contributed by atoms with Crippen LogP contribution >= 0.6 is 22.6 Å². The molecule has 0 fully saturated rings. The Morgan fingerprint density at radius 2 is 1.29 bits per heavy atom. The second kappa shape index (κ2) is 8.50. The average molecular weight is 421 g/mol. The maximum absolute atomic E-state index is 13.3. The molecule has 0 bridgehead atoms. The molecule has 1 N–H and O–H groups in total. The van der Waals surface area contributed by atoms with Crippen LogP contribution in [0.2, 0.25) is 0 Å². The molecule has 0 unspecified atom stereocenters. The van der Waals surface area contributed by atoms with E-state index >= 15 is 0 Å². The van der Waals surface area contributed by atoms with E-state index in [-0.39, 0.29) is 6.54 Å². The topological polar surface area (TPSA) is 29.1 Å². The summed E-state index contributed by atoms with van der Waals surface area (Å²) >= 11 is 2.23. The highest BCUT2D eigenvalue weighted by molar-refractivity contribution is 14.1. The first-order valence-corrected chi connectivity index (χ1v) is 7.80. The minimum absolute atomic E-state index is 0.111. The quantitative estimate of drug-likeness (QED) is 0.176. The van der Waals surface area contributed by atoms with Gasteiger partial charge in [-0.2, -0.15) is 0 Å². The van der Waals surface area contributed by atoms with Crippen molar-refractivity contribution in [3.63, 3.8) is 0 Å². The Kier molecular flexibility index (Phi) is 7.33. The van der Waals surface area contributed by atoms with E-state index in [1.807, 2.05) is 0 Å². The molecule has 21 heavy (non-hydrogen) atoms. The third-order valence-corrected chi connectivity index (χ3v) is 3.55. The van der Waals surface area contributed by atoms with E-state index in [9.17, 15) is 26.7 Å². The lowest BCUT2D eigenvalue weighted by atomic mass is 10.1. The van der Waals surface area contributed by atoms with E-state index in [0.717, 1.165) is 23.7 Å². The fourth-order valence-corrected chi connectivity index (χ4v) is 2.21. The number of nitrogens with one attached hydrogen (secondary N) is 1. The summed E-state index contributed by atoms with van der Waals surface area (Å²) in [4.78, 5) is 11.5. The molecular weight excluding hydrogens is 408 g/mol. The molecule has 0 aliphatic rings. The standard InChI is InChI=1S/C13H13F5INO/c14-8-7(9(15)11(17)12(18)10(8)16)13(21)20-6-4-2-1-3-5-19/h1-6H2,(H,20,21). The first-order valence-electron chi connectivity index (χ1n) is 6.27. The van der Waals surface area contributed by atoms with Crippen LogP contribution in [0.1, 0.15) is 36.0 Å². The van der Waals surface area contributed by atoms with Gasteiger partial charge in [-0.15, -0.1) is 0 Å². The van der Waals surface area contributed by atoms with Gasteiger partial charge in [-0.25, -0.2) is 22.0 Å². The Morgan fingerprint density at radius 3 is 1.81 bits per heavy atom. The SMILES string of the molecule is O=C(NCCCCCCI)c1c(F)c(F)c(F)c(F)c1F. The molecular formula is C13H13F5INO. The molecule has 0 aliphatic heterocycles.